The van der Waals surface area contributed by atoms with Crippen molar-refractivity contribution >= 4 is 51.0 Å². The number of carbonyl (C=O) groups excluding carboxylic acids is 5. The van der Waals surface area contributed by atoms with Crippen LogP contribution in [0.15, 0.2) is 12.2 Å². The number of rotatable bonds is 84. The molecule has 2 rings (SSSR count). The van der Waals surface area contributed by atoms with E-state index in [0.29, 0.717) is 343 Å². The fourth-order valence-corrected chi connectivity index (χ4v) is 11.1. The molecule has 2 aliphatic rings. The molecule has 604 valence electrons. The minimum atomic E-state index is -1.23. The van der Waals surface area contributed by atoms with Crippen molar-refractivity contribution in [1.82, 2.24) is 15.5 Å². The Balaban J connectivity index is 1.16. The predicted octanol–water partition coefficient (Wildman–Crippen LogP) is 0.931. The molecule has 0 aliphatic carbocycles. The predicted molar refractivity (Wildman–Crippen MR) is 381 cm³/mol. The molecular weight excluding hydrogens is 1400 g/mol. The molecule has 0 radical (unpaired) electrons. The van der Waals surface area contributed by atoms with E-state index in [9.17, 15) is 24.0 Å². The number of methoxy groups -OCH3 is 1. The standard InChI is InChI=1S/C68H126N4O29S2/c1-78-12-13-80-16-17-82-20-21-84-24-25-86-28-29-88-32-33-90-36-37-92-40-41-94-44-45-96-48-49-98-52-53-100-56-57-101-55-54-99-51-50-97-47-46-95-43-42-93-39-38-91-35-34-89-31-30-87-27-26-85-23-22-83-19-18-81-15-14-79-11-9-62(73)5-3-2-4-6-63(67(76)70-61-10-58-102-103-60-61)71-68(77)64(59-69)72-65(74)7-8-66(72)75/h7-8,61,63-64H,2-6,9-60,69H2,1H3,(H,70,76)(H,71,77)/t61?,63-,64-/m0/s1. The molecule has 0 spiro atoms. The lowest BCUT2D eigenvalue weighted by Crippen LogP contribution is -2.58. The second kappa shape index (κ2) is 77.4. The Kier molecular flexibility index (Phi) is 72.3. The highest BCUT2D eigenvalue weighted by Gasteiger charge is 2.37. The van der Waals surface area contributed by atoms with Crippen LogP contribution >= 0.6 is 21.6 Å². The van der Waals surface area contributed by atoms with Crippen molar-refractivity contribution in [3.8, 4) is 0 Å². The monoisotopic (exact) mass is 1530 g/mol. The summed E-state index contributed by atoms with van der Waals surface area (Å²) in [6, 6.07) is -2.14. The van der Waals surface area contributed by atoms with Gasteiger partial charge < -0.3 is 130 Å². The topological polar surface area (TPSA) is 360 Å². The van der Waals surface area contributed by atoms with Gasteiger partial charge in [0, 0.05) is 56.2 Å². The highest BCUT2D eigenvalue weighted by molar-refractivity contribution is 8.76. The number of carbonyl (C=O) groups is 5. The van der Waals surface area contributed by atoms with E-state index in [1.54, 1.807) is 28.7 Å². The van der Waals surface area contributed by atoms with Crippen LogP contribution in [0.4, 0.5) is 0 Å². The van der Waals surface area contributed by atoms with Crippen molar-refractivity contribution in [3.63, 3.8) is 0 Å². The maximum absolute atomic E-state index is 13.3. The van der Waals surface area contributed by atoms with E-state index >= 15 is 0 Å². The van der Waals surface area contributed by atoms with Crippen molar-refractivity contribution in [2.24, 2.45) is 5.73 Å². The van der Waals surface area contributed by atoms with Crippen LogP contribution in [-0.2, 0) is 138 Å². The third kappa shape index (κ3) is 63.8. The van der Waals surface area contributed by atoms with Gasteiger partial charge in [-0.25, -0.2) is 0 Å². The van der Waals surface area contributed by atoms with E-state index < -0.39 is 29.8 Å². The van der Waals surface area contributed by atoms with Crippen LogP contribution in [0.3, 0.4) is 0 Å². The lowest BCUT2D eigenvalue weighted by Gasteiger charge is -2.28. The van der Waals surface area contributed by atoms with Gasteiger partial charge in [0.15, 0.2) is 0 Å². The Bertz CT molecular complexity index is 1940. The molecule has 0 bridgehead atoms. The molecule has 103 heavy (non-hydrogen) atoms. The van der Waals surface area contributed by atoms with Crippen LogP contribution in [0.1, 0.15) is 44.9 Å². The zero-order valence-electron chi connectivity index (χ0n) is 61.4. The molecule has 2 heterocycles. The SMILES string of the molecule is COCCOCCOCCOCCOCCOCCOCCOCCOCCOCCOCCOCCOCCOCCOCCOCCOCCOCCOCCOCCOCCOCCOCCOCCC(=O)CCCCC[C@H](NC(=O)[C@H](CN)N1C(=O)C=CC1=O)C(=O)NC1CCSSC1. The van der Waals surface area contributed by atoms with Gasteiger partial charge in [-0.05, 0) is 19.3 Å². The van der Waals surface area contributed by atoms with Crippen molar-refractivity contribution < 1.29 is 138 Å². The molecule has 33 nitrogen and oxygen atoms in total. The molecule has 3 atom stereocenters. The second-order valence-electron chi connectivity index (χ2n) is 22.3. The normalized spacial score (nSPS) is 14.5. The first-order chi connectivity index (χ1) is 50.9. The Morgan fingerprint density at radius 1 is 0.379 bits per heavy atom. The number of unbranched alkanes of at least 4 members (excludes halogenated alkanes) is 2. The average Bonchev–Trinajstić information content (AvgIpc) is 1.73. The van der Waals surface area contributed by atoms with Gasteiger partial charge in [0.25, 0.3) is 11.8 Å². The molecule has 4 amide bonds. The highest BCUT2D eigenvalue weighted by atomic mass is 33.1. The van der Waals surface area contributed by atoms with Gasteiger partial charge in [-0.2, -0.15) is 0 Å². The number of nitrogens with zero attached hydrogens (tertiary/aromatic N) is 1. The van der Waals surface area contributed by atoms with E-state index in [1.807, 2.05) is 0 Å². The summed E-state index contributed by atoms with van der Waals surface area (Å²) in [6.45, 7) is 21.8. The lowest BCUT2D eigenvalue weighted by molar-refractivity contribution is -0.145. The third-order valence-corrected chi connectivity index (χ3v) is 16.7. The number of hydrogen-bond acceptors (Lipinski definition) is 32. The van der Waals surface area contributed by atoms with Gasteiger partial charge in [0.1, 0.15) is 17.9 Å². The van der Waals surface area contributed by atoms with Gasteiger partial charge in [-0.3, -0.25) is 28.9 Å². The van der Waals surface area contributed by atoms with Gasteiger partial charge >= 0.3 is 0 Å². The summed E-state index contributed by atoms with van der Waals surface area (Å²) in [6.07, 6.45) is 5.82. The van der Waals surface area contributed by atoms with E-state index in [2.05, 4.69) is 10.6 Å². The maximum atomic E-state index is 13.3. The van der Waals surface area contributed by atoms with Gasteiger partial charge in [0.05, 0.1) is 311 Å². The third-order valence-electron chi connectivity index (χ3n) is 14.2. The summed E-state index contributed by atoms with van der Waals surface area (Å²) >= 11 is 0. The lowest BCUT2D eigenvalue weighted by atomic mass is 10.0. The summed E-state index contributed by atoms with van der Waals surface area (Å²) in [5.74, 6) is -0.519. The molecule has 0 aromatic carbocycles. The van der Waals surface area contributed by atoms with E-state index in [0.717, 1.165) is 35.0 Å². The molecule has 0 aromatic heterocycles. The average molecular weight is 1530 g/mol. The Morgan fingerprint density at radius 2 is 0.650 bits per heavy atom. The number of ether oxygens (including phenoxy) is 24. The number of imide groups is 1. The van der Waals surface area contributed by atoms with Crippen LogP contribution in [0.25, 0.3) is 0 Å². The number of ketones is 1. The van der Waals surface area contributed by atoms with Gasteiger partial charge in [-0.15, -0.1) is 0 Å². The number of amides is 4. The van der Waals surface area contributed by atoms with Gasteiger partial charge in [0.2, 0.25) is 11.8 Å². The largest absolute Gasteiger partial charge is 0.382 e. The van der Waals surface area contributed by atoms with Crippen LogP contribution in [-0.4, -0.2) is 388 Å². The molecule has 1 fully saturated rings. The van der Waals surface area contributed by atoms with Gasteiger partial charge in [-0.1, -0.05) is 34.4 Å². The van der Waals surface area contributed by atoms with Crippen LogP contribution in [0, 0.1) is 0 Å². The molecule has 0 aromatic rings. The van der Waals surface area contributed by atoms with Crippen molar-refractivity contribution in [2.45, 2.75) is 63.1 Å². The molecule has 35 heteroatoms. The minimum absolute atomic E-state index is 0.0237. The zero-order valence-corrected chi connectivity index (χ0v) is 63.0. The Labute approximate surface area is 618 Å². The molecule has 1 unspecified atom stereocenters. The molecule has 4 N–H and O–H groups in total. The molecule has 0 saturated carbocycles. The Hall–Kier alpha value is -2.81. The first kappa shape index (κ1) is 96.3. The first-order valence-corrected chi connectivity index (χ1v) is 38.7. The van der Waals surface area contributed by atoms with Crippen LogP contribution in [0.2, 0.25) is 0 Å². The highest BCUT2D eigenvalue weighted by Crippen LogP contribution is 2.29. The quantitative estimate of drug-likeness (QED) is 0.0433. The van der Waals surface area contributed by atoms with Crippen LogP contribution in [0.5, 0.6) is 0 Å². The van der Waals surface area contributed by atoms with E-state index in [4.69, 9.17) is 119 Å². The summed E-state index contributed by atoms with van der Waals surface area (Å²) < 4.78 is 132. The molecular formula is C68H126N4O29S2. The van der Waals surface area contributed by atoms with Crippen molar-refractivity contribution in [2.75, 3.05) is 336 Å². The Morgan fingerprint density at radius 3 is 0.903 bits per heavy atom. The number of Topliss-reactive ketones (excluding diaryl/α,β-unsaturated/α-hetero) is 1. The summed E-state index contributed by atoms with van der Waals surface area (Å²) in [4.78, 5) is 64.2. The summed E-state index contributed by atoms with van der Waals surface area (Å²) in [5.41, 5.74) is 5.79. The smallest absolute Gasteiger partial charge is 0.254 e. The van der Waals surface area contributed by atoms with E-state index in [1.165, 1.54) is 0 Å². The second-order valence-corrected chi connectivity index (χ2v) is 24.9. The fraction of sp³-hybridized carbons (Fsp3) is 0.897. The number of nitrogens with two attached hydrogens (primary N) is 1. The summed E-state index contributed by atoms with van der Waals surface area (Å²) in [5, 5.41) is 5.76. The fourth-order valence-electron chi connectivity index (χ4n) is 8.70. The number of nitrogens with one attached hydrogen (secondary N) is 2. The summed E-state index contributed by atoms with van der Waals surface area (Å²) in [7, 11) is 5.07. The van der Waals surface area contributed by atoms with Crippen LogP contribution < -0.4 is 16.4 Å². The first-order valence-electron chi connectivity index (χ1n) is 36.3. The maximum Gasteiger partial charge on any atom is 0.254 e. The molecule has 1 saturated heterocycles. The minimum Gasteiger partial charge on any atom is -0.382 e. The zero-order chi connectivity index (χ0) is 73.7. The van der Waals surface area contributed by atoms with Crippen molar-refractivity contribution in [1.29, 1.82) is 0 Å². The molecule has 2 aliphatic heterocycles. The number of hydrogen-bond donors (Lipinski definition) is 3. The van der Waals surface area contributed by atoms with Crippen molar-refractivity contribution in [3.05, 3.63) is 12.2 Å². The van der Waals surface area contributed by atoms with E-state index in [-0.39, 0.29) is 30.7 Å².